The van der Waals surface area contributed by atoms with E-state index in [0.717, 1.165) is 0 Å². The highest BCUT2D eigenvalue weighted by atomic mass is 16.8. The van der Waals surface area contributed by atoms with Crippen LogP contribution in [0.4, 0.5) is 4.79 Å². The van der Waals surface area contributed by atoms with Gasteiger partial charge in [-0.2, -0.15) is 0 Å². The lowest BCUT2D eigenvalue weighted by atomic mass is 9.82. The van der Waals surface area contributed by atoms with Crippen LogP contribution < -0.4 is 0 Å². The minimum atomic E-state index is -1.49. The summed E-state index contributed by atoms with van der Waals surface area (Å²) in [5, 5.41) is 9.80. The Labute approximate surface area is 78.7 Å². The minimum absolute atomic E-state index is 0.0682. The van der Waals surface area contributed by atoms with Crippen molar-refractivity contribution in [3.63, 3.8) is 0 Å². The van der Waals surface area contributed by atoms with Gasteiger partial charge in [0, 0.05) is 12.8 Å². The van der Waals surface area contributed by atoms with Crippen molar-refractivity contribution < 1.29 is 28.9 Å². The molecule has 2 aliphatic heterocycles. The first-order valence-corrected chi connectivity index (χ1v) is 4.39. The molecule has 76 valence electrons. The summed E-state index contributed by atoms with van der Waals surface area (Å²) in [5.41, 5.74) is -1.49. The van der Waals surface area contributed by atoms with Gasteiger partial charge in [0.05, 0.1) is 0 Å². The van der Waals surface area contributed by atoms with Crippen molar-refractivity contribution in [2.24, 2.45) is 0 Å². The molecule has 0 amide bonds. The second-order valence-electron chi connectivity index (χ2n) is 3.87. The third-order valence-corrected chi connectivity index (χ3v) is 2.93. The Balaban J connectivity index is 1.94. The van der Waals surface area contributed by atoms with Crippen molar-refractivity contribution in [1.82, 2.24) is 0 Å². The van der Waals surface area contributed by atoms with Crippen LogP contribution in [0.15, 0.2) is 0 Å². The van der Waals surface area contributed by atoms with Crippen LogP contribution in [0.1, 0.15) is 12.8 Å². The first kappa shape index (κ1) is 8.05. The Hall–Kier alpha value is -1.30. The summed E-state index contributed by atoms with van der Waals surface area (Å²) in [6.07, 6.45) is -2.17. The molecule has 0 aromatic carbocycles. The molecule has 2 heterocycles. The molecule has 1 aliphatic carbocycles. The van der Waals surface area contributed by atoms with Crippen LogP contribution in [0.5, 0.6) is 0 Å². The van der Waals surface area contributed by atoms with Gasteiger partial charge in [-0.25, -0.2) is 9.59 Å². The molecule has 0 aromatic heterocycles. The van der Waals surface area contributed by atoms with E-state index in [1.807, 2.05) is 0 Å². The Bertz CT molecular complexity index is 324. The topological polar surface area (TPSA) is 82.1 Å². The van der Waals surface area contributed by atoms with Crippen LogP contribution in [0, 0.1) is 0 Å². The average Bonchev–Trinajstić information content (AvgIpc) is 2.54. The Morgan fingerprint density at radius 2 is 1.79 bits per heavy atom. The SMILES string of the molecule is O=C1O[C@H]2[C@@H](C[C@@]3(O)C[C@H]2OC3=O)O1. The van der Waals surface area contributed by atoms with E-state index < -0.39 is 36.0 Å². The molecule has 1 saturated carbocycles. The molecule has 2 bridgehead atoms. The maximum Gasteiger partial charge on any atom is 0.509 e. The number of carbonyl (C=O) groups excluding carboxylic acids is 2. The van der Waals surface area contributed by atoms with Gasteiger partial charge in [-0.1, -0.05) is 0 Å². The van der Waals surface area contributed by atoms with Gasteiger partial charge in [0.2, 0.25) is 0 Å². The van der Waals surface area contributed by atoms with E-state index in [0.29, 0.717) is 0 Å². The lowest BCUT2D eigenvalue weighted by Crippen LogP contribution is -2.47. The predicted molar refractivity (Wildman–Crippen MR) is 39.2 cm³/mol. The van der Waals surface area contributed by atoms with Crippen LogP contribution in [0.2, 0.25) is 0 Å². The summed E-state index contributed by atoms with van der Waals surface area (Å²) in [4.78, 5) is 22.0. The van der Waals surface area contributed by atoms with Crippen LogP contribution >= 0.6 is 0 Å². The molecular weight excluding hydrogens is 192 g/mol. The third kappa shape index (κ3) is 0.836. The number of fused-ring (bicyclic) bond motifs is 4. The first-order valence-electron chi connectivity index (χ1n) is 4.39. The molecule has 3 fully saturated rings. The van der Waals surface area contributed by atoms with Crippen LogP contribution in [0.3, 0.4) is 0 Å². The molecule has 4 atom stereocenters. The van der Waals surface area contributed by atoms with Crippen molar-refractivity contribution >= 4 is 12.1 Å². The van der Waals surface area contributed by atoms with Crippen LogP contribution in [-0.4, -0.2) is 41.1 Å². The summed E-state index contributed by atoms with van der Waals surface area (Å²) in [6, 6.07) is 0. The maximum absolute atomic E-state index is 11.2. The molecule has 0 unspecified atom stereocenters. The van der Waals surface area contributed by atoms with E-state index >= 15 is 0 Å². The van der Waals surface area contributed by atoms with Crippen LogP contribution in [0.25, 0.3) is 0 Å². The fraction of sp³-hybridized carbons (Fsp3) is 0.750. The van der Waals surface area contributed by atoms with Crippen molar-refractivity contribution in [3.05, 3.63) is 0 Å². The highest BCUT2D eigenvalue weighted by molar-refractivity contribution is 5.82. The molecule has 3 aliphatic rings. The summed E-state index contributed by atoms with van der Waals surface area (Å²) in [7, 11) is 0. The molecule has 0 radical (unpaired) electrons. The van der Waals surface area contributed by atoms with Crippen molar-refractivity contribution in [2.45, 2.75) is 36.8 Å². The zero-order chi connectivity index (χ0) is 9.92. The monoisotopic (exact) mass is 200 g/mol. The predicted octanol–water partition coefficient (Wildman–Crippen LogP) is -0.659. The number of rotatable bonds is 0. The second-order valence-corrected chi connectivity index (χ2v) is 3.87. The minimum Gasteiger partial charge on any atom is -0.456 e. The number of hydrogen-bond donors (Lipinski definition) is 1. The fourth-order valence-electron chi connectivity index (χ4n) is 2.27. The van der Waals surface area contributed by atoms with E-state index in [2.05, 4.69) is 0 Å². The van der Waals surface area contributed by atoms with Gasteiger partial charge in [-0.15, -0.1) is 0 Å². The van der Waals surface area contributed by atoms with Gasteiger partial charge in [0.15, 0.2) is 11.7 Å². The van der Waals surface area contributed by atoms with E-state index in [1.54, 1.807) is 0 Å². The summed E-state index contributed by atoms with van der Waals surface area (Å²) in [5.74, 6) is -0.642. The fourth-order valence-corrected chi connectivity index (χ4v) is 2.27. The Morgan fingerprint density at radius 3 is 2.50 bits per heavy atom. The van der Waals surface area contributed by atoms with Gasteiger partial charge in [0.25, 0.3) is 0 Å². The first-order chi connectivity index (χ1) is 6.58. The van der Waals surface area contributed by atoms with Crippen molar-refractivity contribution in [3.8, 4) is 0 Å². The van der Waals surface area contributed by atoms with Gasteiger partial charge in [0.1, 0.15) is 12.2 Å². The molecule has 6 heteroatoms. The summed E-state index contributed by atoms with van der Waals surface area (Å²) >= 11 is 0. The third-order valence-electron chi connectivity index (χ3n) is 2.93. The highest BCUT2D eigenvalue weighted by Crippen LogP contribution is 2.42. The number of carbonyl (C=O) groups is 2. The summed E-state index contributed by atoms with van der Waals surface area (Å²) in [6.45, 7) is 0. The van der Waals surface area contributed by atoms with E-state index in [-0.39, 0.29) is 12.8 Å². The van der Waals surface area contributed by atoms with Crippen LogP contribution in [-0.2, 0) is 19.0 Å². The number of aliphatic hydroxyl groups is 1. The lowest BCUT2D eigenvalue weighted by Gasteiger charge is -2.28. The van der Waals surface area contributed by atoms with Gasteiger partial charge >= 0.3 is 12.1 Å². The zero-order valence-corrected chi connectivity index (χ0v) is 7.13. The van der Waals surface area contributed by atoms with E-state index in [4.69, 9.17) is 14.2 Å². The molecule has 6 nitrogen and oxygen atoms in total. The highest BCUT2D eigenvalue weighted by Gasteiger charge is 2.62. The molecule has 0 spiro atoms. The van der Waals surface area contributed by atoms with E-state index in [9.17, 15) is 14.7 Å². The second kappa shape index (κ2) is 2.20. The zero-order valence-electron chi connectivity index (χ0n) is 7.13. The largest absolute Gasteiger partial charge is 0.509 e. The average molecular weight is 200 g/mol. The molecular formula is C8H8O6. The number of esters is 1. The van der Waals surface area contributed by atoms with E-state index in [1.165, 1.54) is 0 Å². The summed E-state index contributed by atoms with van der Waals surface area (Å²) < 4.78 is 14.5. The molecule has 0 aromatic rings. The Morgan fingerprint density at radius 1 is 1.14 bits per heavy atom. The smallest absolute Gasteiger partial charge is 0.456 e. The quantitative estimate of drug-likeness (QED) is 0.523. The number of hydrogen-bond acceptors (Lipinski definition) is 6. The van der Waals surface area contributed by atoms with Gasteiger partial charge in [-0.05, 0) is 0 Å². The van der Waals surface area contributed by atoms with Crippen molar-refractivity contribution in [2.75, 3.05) is 0 Å². The van der Waals surface area contributed by atoms with Gasteiger partial charge in [-0.3, -0.25) is 0 Å². The molecule has 2 saturated heterocycles. The standard InChI is InChI=1S/C8H8O6/c9-6-8(11)1-3(12-6)5-4(2-8)13-7(10)14-5/h3-5,11H,1-2H2/t3-,4-,5-,8+/m1/s1. The normalized spacial score (nSPS) is 49.4. The maximum atomic E-state index is 11.2. The number of ether oxygens (including phenoxy) is 3. The Kier molecular flexibility index (Phi) is 1.26. The molecule has 3 rings (SSSR count). The molecule has 1 N–H and O–H groups in total. The lowest BCUT2D eigenvalue weighted by molar-refractivity contribution is -0.155. The molecule has 14 heavy (non-hydrogen) atoms. The van der Waals surface area contributed by atoms with Crippen molar-refractivity contribution in [1.29, 1.82) is 0 Å². The van der Waals surface area contributed by atoms with Gasteiger partial charge < -0.3 is 19.3 Å².